The Labute approximate surface area is 183 Å². The number of methoxy groups -OCH3 is 1. The van der Waals surface area contributed by atoms with Crippen LogP contribution in [-0.4, -0.2) is 35.1 Å². The van der Waals surface area contributed by atoms with Gasteiger partial charge >= 0.3 is 0 Å². The quantitative estimate of drug-likeness (QED) is 0.229. The van der Waals surface area contributed by atoms with E-state index in [1.807, 2.05) is 36.4 Å². The maximum atomic E-state index is 6.23. The molecule has 0 radical (unpaired) electrons. The average Bonchev–Trinajstić information content (AvgIpc) is 2.69. The number of ether oxygens (including phenoxy) is 1. The van der Waals surface area contributed by atoms with Crippen LogP contribution in [0, 0.1) is 0 Å². The van der Waals surface area contributed by atoms with Gasteiger partial charge in [-0.2, -0.15) is 11.8 Å². The van der Waals surface area contributed by atoms with Gasteiger partial charge in [-0.25, -0.2) is 9.97 Å². The summed E-state index contributed by atoms with van der Waals surface area (Å²) < 4.78 is 5.35. The highest BCUT2D eigenvalue weighted by molar-refractivity contribution is 7.99. The van der Waals surface area contributed by atoms with Gasteiger partial charge in [-0.05, 0) is 41.6 Å². The second kappa shape index (κ2) is 10.4. The van der Waals surface area contributed by atoms with Gasteiger partial charge in [-0.3, -0.25) is 0 Å². The Morgan fingerprint density at radius 2 is 1.89 bits per heavy atom. The van der Waals surface area contributed by atoms with Gasteiger partial charge in [0.2, 0.25) is 0 Å². The third-order valence-electron chi connectivity index (χ3n) is 4.00. The molecule has 0 saturated carbocycles. The lowest BCUT2D eigenvalue weighted by atomic mass is 10.2. The van der Waals surface area contributed by atoms with Crippen molar-refractivity contribution in [2.24, 2.45) is 0 Å². The minimum absolute atomic E-state index is 0.711. The highest BCUT2D eigenvalue weighted by Crippen LogP contribution is 2.29. The van der Waals surface area contributed by atoms with Crippen LogP contribution >= 0.6 is 46.7 Å². The number of fused-ring (bicyclic) bond motifs is 1. The van der Waals surface area contributed by atoms with Crippen molar-refractivity contribution >= 4 is 63.4 Å². The van der Waals surface area contributed by atoms with Gasteiger partial charge in [0, 0.05) is 33.5 Å². The molecule has 148 valence electrons. The molecule has 28 heavy (non-hydrogen) atoms. The number of nitrogens with zero attached hydrogens (tertiary/aromatic N) is 2. The number of thioether (sulfide) groups is 2. The van der Waals surface area contributed by atoms with Crippen LogP contribution in [0.2, 0.25) is 10.0 Å². The normalized spacial score (nSPS) is 11.0. The molecule has 8 heteroatoms. The highest BCUT2D eigenvalue weighted by atomic mass is 35.5. The van der Waals surface area contributed by atoms with E-state index in [0.29, 0.717) is 10.0 Å². The Morgan fingerprint density at radius 1 is 1.11 bits per heavy atom. The molecule has 1 aromatic heterocycles. The monoisotopic (exact) mass is 453 g/mol. The summed E-state index contributed by atoms with van der Waals surface area (Å²) in [6, 6.07) is 11.5. The Hall–Kier alpha value is -1.34. The fraction of sp³-hybridized carbons (Fsp3) is 0.300. The molecule has 0 bridgehead atoms. The molecule has 2 aromatic carbocycles. The molecule has 0 aliphatic carbocycles. The summed E-state index contributed by atoms with van der Waals surface area (Å²) in [6.07, 6.45) is 0. The molecular formula is C20H21Cl2N3OS2. The first-order valence-electron chi connectivity index (χ1n) is 8.85. The lowest BCUT2D eigenvalue weighted by Gasteiger charge is -2.12. The largest absolute Gasteiger partial charge is 0.497 e. The summed E-state index contributed by atoms with van der Waals surface area (Å²) in [5.74, 6) is 4.21. The third-order valence-corrected chi connectivity index (χ3v) is 6.43. The molecule has 0 saturated heterocycles. The smallest absolute Gasteiger partial charge is 0.190 e. The number of aromatic nitrogens is 2. The molecule has 0 unspecified atom stereocenters. The number of nitrogens with one attached hydrogen (secondary N) is 1. The first-order chi connectivity index (χ1) is 13.6. The van der Waals surface area contributed by atoms with E-state index in [-0.39, 0.29) is 0 Å². The Bertz CT molecular complexity index is 936. The van der Waals surface area contributed by atoms with E-state index in [1.54, 1.807) is 30.6 Å². The van der Waals surface area contributed by atoms with Crippen molar-refractivity contribution in [2.45, 2.75) is 17.8 Å². The molecule has 4 nitrogen and oxygen atoms in total. The van der Waals surface area contributed by atoms with Crippen LogP contribution < -0.4 is 10.1 Å². The molecule has 3 rings (SSSR count). The lowest BCUT2D eigenvalue weighted by molar-refractivity contribution is 0.415. The summed E-state index contributed by atoms with van der Waals surface area (Å²) in [7, 11) is 1.66. The van der Waals surface area contributed by atoms with Crippen molar-refractivity contribution in [3.8, 4) is 5.75 Å². The van der Waals surface area contributed by atoms with Gasteiger partial charge in [-0.1, -0.05) is 48.0 Å². The van der Waals surface area contributed by atoms with Gasteiger partial charge < -0.3 is 10.1 Å². The maximum absolute atomic E-state index is 6.23. The van der Waals surface area contributed by atoms with Gasteiger partial charge in [0.1, 0.15) is 11.6 Å². The van der Waals surface area contributed by atoms with Crippen LogP contribution in [0.3, 0.4) is 0 Å². The number of halogens is 2. The van der Waals surface area contributed by atoms with Crippen molar-refractivity contribution in [3.05, 3.63) is 52.0 Å². The van der Waals surface area contributed by atoms with Crippen molar-refractivity contribution in [1.82, 2.24) is 9.97 Å². The van der Waals surface area contributed by atoms with E-state index in [9.17, 15) is 0 Å². The fourth-order valence-electron chi connectivity index (χ4n) is 2.63. The zero-order valence-corrected chi connectivity index (χ0v) is 18.8. The van der Waals surface area contributed by atoms with E-state index >= 15 is 0 Å². The standard InChI is InChI=1S/C20H21Cl2N3OS2/c1-3-28-20-24-18-8-7-13(26-2)11-14(18)19(25-20)23-9-10-27-12-15-16(21)5-4-6-17(15)22/h4-8,11H,3,9-10,12H2,1-2H3,(H,23,24,25). The van der Waals surface area contributed by atoms with Gasteiger partial charge in [0.05, 0.1) is 12.6 Å². The zero-order chi connectivity index (χ0) is 19.9. The minimum Gasteiger partial charge on any atom is -0.497 e. The van der Waals surface area contributed by atoms with Crippen LogP contribution in [0.15, 0.2) is 41.6 Å². The second-order valence-electron chi connectivity index (χ2n) is 5.85. The molecular weight excluding hydrogens is 433 g/mol. The zero-order valence-electron chi connectivity index (χ0n) is 15.7. The SMILES string of the molecule is CCSc1nc(NCCSCc2c(Cl)cccc2Cl)c2cc(OC)ccc2n1. The van der Waals surface area contributed by atoms with Crippen molar-refractivity contribution in [1.29, 1.82) is 0 Å². The summed E-state index contributed by atoms with van der Waals surface area (Å²) in [5.41, 5.74) is 1.89. The van der Waals surface area contributed by atoms with Crippen molar-refractivity contribution in [3.63, 3.8) is 0 Å². The summed E-state index contributed by atoms with van der Waals surface area (Å²) >= 11 is 15.9. The van der Waals surface area contributed by atoms with E-state index < -0.39 is 0 Å². The number of rotatable bonds is 9. The van der Waals surface area contributed by atoms with E-state index in [1.165, 1.54) is 0 Å². The molecule has 1 heterocycles. The van der Waals surface area contributed by atoms with Crippen LogP contribution in [-0.2, 0) is 5.75 Å². The number of hydrogen-bond donors (Lipinski definition) is 1. The minimum atomic E-state index is 0.711. The summed E-state index contributed by atoms with van der Waals surface area (Å²) in [6.45, 7) is 2.86. The summed E-state index contributed by atoms with van der Waals surface area (Å²) in [5, 5.41) is 6.60. The van der Waals surface area contributed by atoms with Crippen LogP contribution in [0.1, 0.15) is 12.5 Å². The van der Waals surface area contributed by atoms with E-state index in [2.05, 4.69) is 22.2 Å². The Kier molecular flexibility index (Phi) is 7.97. The maximum Gasteiger partial charge on any atom is 0.190 e. The topological polar surface area (TPSA) is 47.0 Å². The fourth-order valence-corrected chi connectivity index (χ4v) is 4.80. The highest BCUT2D eigenvalue weighted by Gasteiger charge is 2.10. The Balaban J connectivity index is 1.67. The van der Waals surface area contributed by atoms with Crippen molar-refractivity contribution in [2.75, 3.05) is 30.5 Å². The van der Waals surface area contributed by atoms with Gasteiger partial charge in [-0.15, -0.1) is 0 Å². The van der Waals surface area contributed by atoms with E-state index in [0.717, 1.165) is 57.0 Å². The number of benzene rings is 2. The third kappa shape index (κ3) is 5.38. The van der Waals surface area contributed by atoms with E-state index in [4.69, 9.17) is 27.9 Å². The number of anilines is 1. The summed E-state index contributed by atoms with van der Waals surface area (Å²) in [4.78, 5) is 9.31. The molecule has 0 atom stereocenters. The molecule has 0 fully saturated rings. The second-order valence-corrected chi connectivity index (χ2v) is 9.00. The molecule has 3 aromatic rings. The predicted octanol–water partition coefficient (Wildman–Crippen LogP) is 6.40. The van der Waals surface area contributed by atoms with Gasteiger partial charge in [0.15, 0.2) is 5.16 Å². The first-order valence-corrected chi connectivity index (χ1v) is 11.7. The molecule has 0 aliphatic heterocycles. The Morgan fingerprint density at radius 3 is 2.61 bits per heavy atom. The van der Waals surface area contributed by atoms with Gasteiger partial charge in [0.25, 0.3) is 0 Å². The molecule has 1 N–H and O–H groups in total. The molecule has 0 aliphatic rings. The molecule has 0 amide bonds. The average molecular weight is 454 g/mol. The molecule has 0 spiro atoms. The first kappa shape index (κ1) is 21.4. The van der Waals surface area contributed by atoms with Crippen LogP contribution in [0.25, 0.3) is 10.9 Å². The predicted molar refractivity (Wildman–Crippen MR) is 124 cm³/mol. The van der Waals surface area contributed by atoms with Crippen LogP contribution in [0.4, 0.5) is 5.82 Å². The van der Waals surface area contributed by atoms with Crippen molar-refractivity contribution < 1.29 is 4.74 Å². The van der Waals surface area contributed by atoms with Crippen LogP contribution in [0.5, 0.6) is 5.75 Å². The lowest BCUT2D eigenvalue weighted by Crippen LogP contribution is -2.08. The number of hydrogen-bond acceptors (Lipinski definition) is 6.